The normalized spacial score (nSPS) is 29.2. The van der Waals surface area contributed by atoms with Crippen molar-refractivity contribution in [1.29, 1.82) is 0 Å². The number of amides is 1. The molecule has 1 unspecified atom stereocenters. The second kappa shape index (κ2) is 6.20. The Morgan fingerprint density at radius 3 is 2.43 bits per heavy atom. The molecule has 8 heteroatoms. The number of nitrogens with zero attached hydrogens (tertiary/aromatic N) is 2. The number of morpholine rings is 1. The molecule has 1 aliphatic carbocycles. The van der Waals surface area contributed by atoms with Gasteiger partial charge in [-0.15, -0.1) is 0 Å². The smallest absolute Gasteiger partial charge is 0.282 e. The van der Waals surface area contributed by atoms with E-state index in [1.54, 1.807) is 0 Å². The number of rotatable bonds is 4. The molecule has 2 heterocycles. The molecule has 3 fully saturated rings. The molecule has 0 radical (unpaired) electrons. The van der Waals surface area contributed by atoms with E-state index in [0.29, 0.717) is 45.4 Å². The van der Waals surface area contributed by atoms with Crippen LogP contribution in [0.25, 0.3) is 0 Å². The minimum atomic E-state index is -3.46. The molecule has 2 saturated heterocycles. The molecule has 3 aliphatic rings. The van der Waals surface area contributed by atoms with Crippen molar-refractivity contribution in [2.45, 2.75) is 31.7 Å². The molecule has 1 N–H and O–H groups in total. The van der Waals surface area contributed by atoms with E-state index in [1.165, 1.54) is 8.61 Å². The fourth-order valence-corrected chi connectivity index (χ4v) is 4.52. The van der Waals surface area contributed by atoms with E-state index in [4.69, 9.17) is 4.74 Å². The van der Waals surface area contributed by atoms with Crippen LogP contribution >= 0.6 is 0 Å². The van der Waals surface area contributed by atoms with Crippen molar-refractivity contribution >= 4 is 16.1 Å². The summed E-state index contributed by atoms with van der Waals surface area (Å²) in [7, 11) is -3.46. The van der Waals surface area contributed by atoms with Crippen LogP contribution in [-0.4, -0.2) is 68.4 Å². The van der Waals surface area contributed by atoms with Gasteiger partial charge < -0.3 is 10.1 Å². The molecular weight excluding hydrogens is 294 g/mol. The van der Waals surface area contributed by atoms with Crippen molar-refractivity contribution in [3.05, 3.63) is 0 Å². The number of nitrogens with one attached hydrogen (secondary N) is 1. The second-order valence-corrected chi connectivity index (χ2v) is 7.93. The van der Waals surface area contributed by atoms with Crippen LogP contribution in [0.5, 0.6) is 0 Å². The SMILES string of the molecule is O=C(NC1CC1)C1CCCN(S(=O)(=O)N2CCOCC2)C1. The van der Waals surface area contributed by atoms with E-state index >= 15 is 0 Å². The molecule has 120 valence electrons. The van der Waals surface area contributed by atoms with Crippen LogP contribution in [0.4, 0.5) is 0 Å². The van der Waals surface area contributed by atoms with E-state index in [0.717, 1.165) is 25.7 Å². The zero-order valence-corrected chi connectivity index (χ0v) is 13.0. The summed E-state index contributed by atoms with van der Waals surface area (Å²) < 4.78 is 33.4. The topological polar surface area (TPSA) is 79.0 Å². The number of piperidine rings is 1. The lowest BCUT2D eigenvalue weighted by atomic mass is 9.99. The molecule has 1 atom stereocenters. The van der Waals surface area contributed by atoms with E-state index in [1.807, 2.05) is 0 Å². The molecule has 2 aliphatic heterocycles. The van der Waals surface area contributed by atoms with Crippen LogP contribution in [0.15, 0.2) is 0 Å². The summed E-state index contributed by atoms with van der Waals surface area (Å²) in [5.74, 6) is -0.199. The lowest BCUT2D eigenvalue weighted by Gasteiger charge is -2.36. The summed E-state index contributed by atoms with van der Waals surface area (Å²) in [6.07, 6.45) is 3.61. The van der Waals surface area contributed by atoms with Crippen molar-refractivity contribution in [2.24, 2.45) is 5.92 Å². The molecule has 1 amide bonds. The number of hydrogen-bond acceptors (Lipinski definition) is 4. The molecule has 21 heavy (non-hydrogen) atoms. The van der Waals surface area contributed by atoms with E-state index in [2.05, 4.69) is 5.32 Å². The predicted octanol–water partition coefficient (Wildman–Crippen LogP) is -0.446. The van der Waals surface area contributed by atoms with Gasteiger partial charge in [-0.05, 0) is 25.7 Å². The van der Waals surface area contributed by atoms with Crippen LogP contribution in [0, 0.1) is 5.92 Å². The summed E-state index contributed by atoms with van der Waals surface area (Å²) in [5, 5.41) is 2.98. The molecule has 0 aromatic heterocycles. The van der Waals surface area contributed by atoms with Crippen molar-refractivity contribution in [3.8, 4) is 0 Å². The Kier molecular flexibility index (Phi) is 4.49. The molecule has 0 aromatic carbocycles. The minimum Gasteiger partial charge on any atom is -0.379 e. The Bertz CT molecular complexity index is 486. The largest absolute Gasteiger partial charge is 0.379 e. The first-order chi connectivity index (χ1) is 10.1. The Balaban J connectivity index is 1.62. The van der Waals surface area contributed by atoms with E-state index in [9.17, 15) is 13.2 Å². The average Bonchev–Trinajstić information content (AvgIpc) is 3.32. The highest BCUT2D eigenvalue weighted by atomic mass is 32.2. The van der Waals surface area contributed by atoms with E-state index < -0.39 is 10.2 Å². The minimum absolute atomic E-state index is 0.0133. The first-order valence-corrected chi connectivity index (χ1v) is 9.10. The summed E-state index contributed by atoms with van der Waals surface area (Å²) in [4.78, 5) is 12.1. The van der Waals surface area contributed by atoms with Gasteiger partial charge in [-0.2, -0.15) is 17.0 Å². The van der Waals surface area contributed by atoms with Crippen LogP contribution in [0.1, 0.15) is 25.7 Å². The third-order valence-electron chi connectivity index (χ3n) is 4.30. The first kappa shape index (κ1) is 15.2. The zero-order valence-electron chi connectivity index (χ0n) is 12.2. The maximum absolute atomic E-state index is 12.6. The third-order valence-corrected chi connectivity index (χ3v) is 6.30. The Morgan fingerprint density at radius 1 is 1.05 bits per heavy atom. The van der Waals surface area contributed by atoms with Crippen LogP contribution < -0.4 is 5.32 Å². The second-order valence-electron chi connectivity index (χ2n) is 6.00. The summed E-state index contributed by atoms with van der Waals surface area (Å²) in [5.41, 5.74) is 0. The number of carbonyl (C=O) groups excluding carboxylic acids is 1. The van der Waals surface area contributed by atoms with Gasteiger partial charge in [0, 0.05) is 32.2 Å². The lowest BCUT2D eigenvalue weighted by Crippen LogP contribution is -2.53. The van der Waals surface area contributed by atoms with Crippen LogP contribution in [0.3, 0.4) is 0 Å². The predicted molar refractivity (Wildman–Crippen MR) is 76.8 cm³/mol. The summed E-state index contributed by atoms with van der Waals surface area (Å²) >= 11 is 0. The average molecular weight is 317 g/mol. The van der Waals surface area contributed by atoms with Crippen LogP contribution in [0.2, 0.25) is 0 Å². The fraction of sp³-hybridized carbons (Fsp3) is 0.923. The van der Waals surface area contributed by atoms with Crippen molar-refractivity contribution in [1.82, 2.24) is 13.9 Å². The highest BCUT2D eigenvalue weighted by molar-refractivity contribution is 7.86. The van der Waals surface area contributed by atoms with Gasteiger partial charge in [-0.25, -0.2) is 0 Å². The third kappa shape index (κ3) is 3.56. The zero-order chi connectivity index (χ0) is 14.9. The lowest BCUT2D eigenvalue weighted by molar-refractivity contribution is -0.126. The van der Waals surface area contributed by atoms with Gasteiger partial charge in [0.05, 0.1) is 19.1 Å². The van der Waals surface area contributed by atoms with Crippen molar-refractivity contribution < 1.29 is 17.9 Å². The number of ether oxygens (including phenoxy) is 1. The Labute approximate surface area is 125 Å². The molecule has 3 rings (SSSR count). The van der Waals surface area contributed by atoms with Gasteiger partial charge in [0.25, 0.3) is 10.2 Å². The molecule has 0 aromatic rings. The summed E-state index contributed by atoms with van der Waals surface area (Å²) in [6, 6.07) is 0.323. The maximum Gasteiger partial charge on any atom is 0.282 e. The van der Waals surface area contributed by atoms with E-state index in [-0.39, 0.29) is 11.8 Å². The van der Waals surface area contributed by atoms with Crippen molar-refractivity contribution in [3.63, 3.8) is 0 Å². The fourth-order valence-electron chi connectivity index (χ4n) is 2.85. The van der Waals surface area contributed by atoms with Gasteiger partial charge in [0.15, 0.2) is 0 Å². The van der Waals surface area contributed by atoms with Gasteiger partial charge in [-0.1, -0.05) is 0 Å². The molecule has 0 bridgehead atoms. The van der Waals surface area contributed by atoms with Gasteiger partial charge in [0.2, 0.25) is 5.91 Å². The molecular formula is C13H23N3O4S. The van der Waals surface area contributed by atoms with Gasteiger partial charge in [0.1, 0.15) is 0 Å². The molecule has 0 spiro atoms. The van der Waals surface area contributed by atoms with Crippen molar-refractivity contribution in [2.75, 3.05) is 39.4 Å². The monoisotopic (exact) mass is 317 g/mol. The quantitative estimate of drug-likeness (QED) is 0.762. The Morgan fingerprint density at radius 2 is 1.76 bits per heavy atom. The Hall–Kier alpha value is -0.700. The summed E-state index contributed by atoms with van der Waals surface area (Å²) in [6.45, 7) is 2.50. The van der Waals surface area contributed by atoms with Gasteiger partial charge >= 0.3 is 0 Å². The standard InChI is InChI=1S/C13H23N3O4S/c17-13(14-12-3-4-12)11-2-1-5-16(10-11)21(18,19)15-6-8-20-9-7-15/h11-12H,1-10H2,(H,14,17). The van der Waals surface area contributed by atoms with Gasteiger partial charge in [-0.3, -0.25) is 4.79 Å². The highest BCUT2D eigenvalue weighted by Crippen LogP contribution is 2.24. The number of hydrogen-bond donors (Lipinski definition) is 1. The maximum atomic E-state index is 12.6. The highest BCUT2D eigenvalue weighted by Gasteiger charge is 2.37. The molecule has 1 saturated carbocycles. The van der Waals surface area contributed by atoms with Crippen LogP contribution in [-0.2, 0) is 19.7 Å². The first-order valence-electron chi connectivity index (χ1n) is 7.71. The molecule has 7 nitrogen and oxygen atoms in total. The number of carbonyl (C=O) groups is 1.